The number of thioether (sulfide) groups is 1. The number of hydrogen-bond donors (Lipinski definition) is 0. The Bertz CT molecular complexity index is 1620. The van der Waals surface area contributed by atoms with Gasteiger partial charge in [-0.15, -0.1) is 11.8 Å². The minimum absolute atomic E-state index is 0.0914. The van der Waals surface area contributed by atoms with Crippen LogP contribution in [0, 0.1) is 24.0 Å². The van der Waals surface area contributed by atoms with Crippen LogP contribution in [0.5, 0.6) is 0 Å². The van der Waals surface area contributed by atoms with E-state index in [9.17, 15) is 14.0 Å². The zero-order valence-corrected chi connectivity index (χ0v) is 24.7. The number of piperazine rings is 1. The SMILES string of the molecule is C=CC(=O)N1[C@H](C)CN(c2nc(=O)n3c4c(c(-c5ccc(F)cc5F)c(C)cc24)SCC2(CN(CC)C2)C3)C[C@@H]1C. The van der Waals surface area contributed by atoms with Crippen molar-refractivity contribution >= 4 is 34.4 Å². The van der Waals surface area contributed by atoms with Crippen LogP contribution in [0.3, 0.4) is 0 Å². The molecule has 0 bridgehead atoms. The first-order chi connectivity index (χ1) is 19.6. The Balaban J connectivity index is 1.56. The van der Waals surface area contributed by atoms with Gasteiger partial charge in [0, 0.05) is 83.5 Å². The van der Waals surface area contributed by atoms with Crippen molar-refractivity contribution in [3.63, 3.8) is 0 Å². The summed E-state index contributed by atoms with van der Waals surface area (Å²) < 4.78 is 31.0. The lowest BCUT2D eigenvalue weighted by Crippen LogP contribution is -2.60. The average molecular weight is 580 g/mol. The second-order valence-electron chi connectivity index (χ2n) is 11.9. The lowest BCUT2D eigenvalue weighted by atomic mass is 9.81. The van der Waals surface area contributed by atoms with Gasteiger partial charge in [0.15, 0.2) is 0 Å². The molecule has 0 unspecified atom stereocenters. The first-order valence-corrected chi connectivity index (χ1v) is 15.1. The molecule has 41 heavy (non-hydrogen) atoms. The lowest BCUT2D eigenvalue weighted by Gasteiger charge is -2.49. The van der Waals surface area contributed by atoms with E-state index in [0.29, 0.717) is 36.6 Å². The Morgan fingerprint density at radius 1 is 1.17 bits per heavy atom. The molecule has 7 nitrogen and oxygen atoms in total. The van der Waals surface area contributed by atoms with Gasteiger partial charge in [-0.3, -0.25) is 9.36 Å². The quantitative estimate of drug-likeness (QED) is 0.418. The van der Waals surface area contributed by atoms with Crippen LogP contribution in [0.25, 0.3) is 22.0 Å². The topological polar surface area (TPSA) is 61.7 Å². The third-order valence-corrected chi connectivity index (χ3v) is 10.3. The summed E-state index contributed by atoms with van der Waals surface area (Å²) in [7, 11) is 0. The molecule has 1 aromatic heterocycles. The van der Waals surface area contributed by atoms with Crippen molar-refractivity contribution in [2.45, 2.75) is 51.2 Å². The van der Waals surface area contributed by atoms with E-state index in [1.54, 1.807) is 16.3 Å². The molecule has 0 N–H and O–H groups in total. The number of benzene rings is 2. The van der Waals surface area contributed by atoms with Crippen molar-refractivity contribution in [1.29, 1.82) is 0 Å². The van der Waals surface area contributed by atoms with Crippen LogP contribution in [-0.4, -0.2) is 75.8 Å². The highest BCUT2D eigenvalue weighted by Gasteiger charge is 2.45. The monoisotopic (exact) mass is 579 g/mol. The van der Waals surface area contributed by atoms with E-state index < -0.39 is 11.6 Å². The summed E-state index contributed by atoms with van der Waals surface area (Å²) >= 11 is 1.66. The average Bonchev–Trinajstić information content (AvgIpc) is 3.08. The van der Waals surface area contributed by atoms with Gasteiger partial charge < -0.3 is 14.7 Å². The van der Waals surface area contributed by atoms with Gasteiger partial charge in [-0.05, 0) is 57.2 Å². The van der Waals surface area contributed by atoms with Crippen LogP contribution in [0.4, 0.5) is 14.6 Å². The molecule has 2 atom stereocenters. The van der Waals surface area contributed by atoms with Crippen molar-refractivity contribution in [2.75, 3.05) is 43.4 Å². The van der Waals surface area contributed by atoms with Crippen LogP contribution in [0.15, 0.2) is 46.6 Å². The van der Waals surface area contributed by atoms with Gasteiger partial charge >= 0.3 is 5.69 Å². The van der Waals surface area contributed by atoms with E-state index >= 15 is 4.39 Å². The second-order valence-corrected chi connectivity index (χ2v) is 12.9. The van der Waals surface area contributed by atoms with Crippen LogP contribution in [0.2, 0.25) is 0 Å². The van der Waals surface area contributed by atoms with Gasteiger partial charge in [0.05, 0.1) is 5.52 Å². The predicted molar refractivity (Wildman–Crippen MR) is 160 cm³/mol. The highest BCUT2D eigenvalue weighted by atomic mass is 32.2. The van der Waals surface area contributed by atoms with Gasteiger partial charge in [0.25, 0.3) is 0 Å². The molecule has 3 aromatic rings. The molecular formula is C31H35F2N5O2S. The van der Waals surface area contributed by atoms with Crippen molar-refractivity contribution in [2.24, 2.45) is 5.41 Å². The fraction of sp³-hybridized carbons (Fsp3) is 0.452. The van der Waals surface area contributed by atoms with Crippen molar-refractivity contribution in [3.8, 4) is 11.1 Å². The number of aryl methyl sites for hydroxylation is 1. The Hall–Kier alpha value is -3.24. The minimum atomic E-state index is -0.628. The third-order valence-electron chi connectivity index (χ3n) is 8.83. The van der Waals surface area contributed by atoms with Crippen LogP contribution in [-0.2, 0) is 11.3 Å². The molecule has 1 spiro atoms. The number of carbonyl (C=O) groups is 1. The zero-order chi connectivity index (χ0) is 29.2. The summed E-state index contributed by atoms with van der Waals surface area (Å²) in [6.45, 7) is 16.0. The van der Waals surface area contributed by atoms with E-state index in [2.05, 4.69) is 28.3 Å². The highest BCUT2D eigenvalue weighted by Crippen LogP contribution is 2.48. The maximum Gasteiger partial charge on any atom is 0.350 e. The maximum absolute atomic E-state index is 15.3. The number of amides is 1. The van der Waals surface area contributed by atoms with Crippen molar-refractivity contribution in [1.82, 2.24) is 19.4 Å². The molecule has 0 saturated carbocycles. The standard InChI is InChI=1S/C31H35F2N5O2S/c1-6-25(39)38-19(4)12-36(13-20(38)5)29-23-10-18(3)26(22-9-8-21(32)11-24(22)33)28-27(23)37(30(40)34-29)16-31(17-41-28)14-35(7-2)15-31/h6,8-11,19-20H,1,7,12-17H2,2-5H3/t19-,20+. The molecule has 10 heteroatoms. The zero-order valence-electron chi connectivity index (χ0n) is 23.9. The van der Waals surface area contributed by atoms with Crippen LogP contribution in [0.1, 0.15) is 26.3 Å². The largest absolute Gasteiger partial charge is 0.352 e. The minimum Gasteiger partial charge on any atom is -0.352 e. The Labute approximate surface area is 242 Å². The molecule has 2 aromatic carbocycles. The lowest BCUT2D eigenvalue weighted by molar-refractivity contribution is -0.130. The normalized spacial score (nSPS) is 22.1. The molecule has 1 amide bonds. The van der Waals surface area contributed by atoms with E-state index in [1.807, 2.05) is 31.7 Å². The van der Waals surface area contributed by atoms with Gasteiger partial charge in [0.1, 0.15) is 17.5 Å². The number of aromatic nitrogens is 2. The summed E-state index contributed by atoms with van der Waals surface area (Å²) in [5, 5.41) is 0.836. The predicted octanol–water partition coefficient (Wildman–Crippen LogP) is 4.69. The van der Waals surface area contributed by atoms with Crippen LogP contribution < -0.4 is 10.6 Å². The Kier molecular flexibility index (Phi) is 6.97. The van der Waals surface area contributed by atoms with Gasteiger partial charge in [-0.2, -0.15) is 4.98 Å². The molecule has 6 rings (SSSR count). The van der Waals surface area contributed by atoms with Crippen LogP contribution >= 0.6 is 11.8 Å². The van der Waals surface area contributed by atoms with E-state index in [0.717, 1.165) is 52.8 Å². The van der Waals surface area contributed by atoms with Crippen molar-refractivity contribution in [3.05, 3.63) is 64.6 Å². The molecule has 4 heterocycles. The Morgan fingerprint density at radius 2 is 1.88 bits per heavy atom. The fourth-order valence-electron chi connectivity index (χ4n) is 7.04. The number of halogens is 2. The van der Waals surface area contributed by atoms with E-state index in [-0.39, 0.29) is 29.1 Å². The first-order valence-electron chi connectivity index (χ1n) is 14.1. The molecular weight excluding hydrogens is 544 g/mol. The summed E-state index contributed by atoms with van der Waals surface area (Å²) in [5.41, 5.74) is 2.18. The maximum atomic E-state index is 15.3. The summed E-state index contributed by atoms with van der Waals surface area (Å²) in [4.78, 5) is 38.2. The van der Waals surface area contributed by atoms with Crippen molar-refractivity contribution < 1.29 is 13.6 Å². The molecule has 2 fully saturated rings. The third kappa shape index (κ3) is 4.55. The Morgan fingerprint density at radius 3 is 2.51 bits per heavy atom. The number of hydrogen-bond acceptors (Lipinski definition) is 6. The number of nitrogens with zero attached hydrogens (tertiary/aromatic N) is 5. The number of anilines is 1. The molecule has 216 valence electrons. The van der Waals surface area contributed by atoms with Gasteiger partial charge in [0.2, 0.25) is 5.91 Å². The fourth-order valence-corrected chi connectivity index (χ4v) is 8.53. The number of carbonyl (C=O) groups excluding carboxylic acids is 1. The van der Waals surface area contributed by atoms with E-state index in [1.165, 1.54) is 18.2 Å². The number of likely N-dealkylation sites (tertiary alicyclic amines) is 1. The number of rotatable bonds is 4. The summed E-state index contributed by atoms with van der Waals surface area (Å²) in [6, 6.07) is 5.45. The highest BCUT2D eigenvalue weighted by molar-refractivity contribution is 7.99. The second kappa shape index (κ2) is 10.2. The molecule has 2 saturated heterocycles. The van der Waals surface area contributed by atoms with E-state index in [4.69, 9.17) is 0 Å². The van der Waals surface area contributed by atoms with Gasteiger partial charge in [-0.25, -0.2) is 13.6 Å². The first kappa shape index (κ1) is 27.9. The molecule has 0 radical (unpaired) electrons. The molecule has 0 aliphatic carbocycles. The summed E-state index contributed by atoms with van der Waals surface area (Å²) in [6.07, 6.45) is 1.34. The summed E-state index contributed by atoms with van der Waals surface area (Å²) in [5.74, 6) is -0.00219. The smallest absolute Gasteiger partial charge is 0.350 e. The van der Waals surface area contributed by atoms with Gasteiger partial charge in [-0.1, -0.05) is 13.5 Å². The molecule has 3 aliphatic rings. The molecule has 3 aliphatic heterocycles.